The zero-order chi connectivity index (χ0) is 17.4. The van der Waals surface area contributed by atoms with E-state index >= 15 is 0 Å². The minimum Gasteiger partial charge on any atom is -0.360 e. The number of para-hydroxylation sites is 1. The molecule has 1 amide bonds. The molecular weight excluding hydrogens is 339 g/mol. The van der Waals surface area contributed by atoms with Gasteiger partial charge in [0, 0.05) is 16.8 Å². The number of benzene rings is 2. The summed E-state index contributed by atoms with van der Waals surface area (Å²) in [6, 6.07) is 13.5. The molecule has 0 saturated carbocycles. The van der Waals surface area contributed by atoms with Crippen molar-refractivity contribution in [1.82, 2.24) is 10.3 Å². The third kappa shape index (κ3) is 2.74. The van der Waals surface area contributed by atoms with Gasteiger partial charge in [-0.05, 0) is 17.9 Å². The Kier molecular flexibility index (Phi) is 4.09. The maximum Gasteiger partial charge on any atom is 0.255 e. The van der Waals surface area contributed by atoms with Gasteiger partial charge in [-0.25, -0.2) is 4.39 Å². The molecule has 0 fully saturated rings. The van der Waals surface area contributed by atoms with Crippen LogP contribution in [-0.2, 0) is 4.79 Å². The van der Waals surface area contributed by atoms with Gasteiger partial charge in [0.25, 0.3) is 5.91 Å². The summed E-state index contributed by atoms with van der Waals surface area (Å²) < 4.78 is 14.4. The average molecular weight is 356 g/mol. The number of halogens is 1. The number of carbonyl (C=O) groups excluding carboxylic acids is 1. The zero-order valence-corrected chi connectivity index (χ0v) is 14.4. The Balaban J connectivity index is 1.86. The van der Waals surface area contributed by atoms with Gasteiger partial charge in [0.05, 0.1) is 0 Å². The SMILES string of the molecule is CCSC1=NN2C(c3ccccc3F)Nc3ccccc3C2C(=O)N1. The largest absolute Gasteiger partial charge is 0.360 e. The van der Waals surface area contributed by atoms with Gasteiger partial charge in [0.2, 0.25) is 0 Å². The van der Waals surface area contributed by atoms with E-state index in [-0.39, 0.29) is 11.7 Å². The number of thioether (sulfide) groups is 1. The summed E-state index contributed by atoms with van der Waals surface area (Å²) in [7, 11) is 0. The molecule has 2 aromatic carbocycles. The molecule has 5 nitrogen and oxygen atoms in total. The molecule has 128 valence electrons. The monoisotopic (exact) mass is 356 g/mol. The highest BCUT2D eigenvalue weighted by atomic mass is 32.2. The molecule has 2 heterocycles. The summed E-state index contributed by atoms with van der Waals surface area (Å²) in [6.45, 7) is 1.99. The minimum absolute atomic E-state index is 0.152. The average Bonchev–Trinajstić information content (AvgIpc) is 2.61. The van der Waals surface area contributed by atoms with Gasteiger partial charge in [-0.2, -0.15) is 0 Å². The van der Waals surface area contributed by atoms with Crippen LogP contribution in [0.1, 0.15) is 30.3 Å². The molecule has 0 spiro atoms. The molecule has 0 aromatic heterocycles. The van der Waals surface area contributed by atoms with E-state index in [9.17, 15) is 9.18 Å². The van der Waals surface area contributed by atoms with Crippen molar-refractivity contribution in [2.45, 2.75) is 19.1 Å². The highest BCUT2D eigenvalue weighted by Gasteiger charge is 2.42. The molecule has 0 saturated heterocycles. The second-order valence-corrected chi connectivity index (χ2v) is 7.02. The van der Waals surface area contributed by atoms with Crippen LogP contribution >= 0.6 is 11.8 Å². The molecule has 2 unspecified atom stereocenters. The summed E-state index contributed by atoms with van der Waals surface area (Å²) in [5, 5.41) is 13.0. The predicted molar refractivity (Wildman–Crippen MR) is 97.5 cm³/mol. The maximum absolute atomic E-state index is 14.4. The van der Waals surface area contributed by atoms with Crippen LogP contribution in [0.4, 0.5) is 10.1 Å². The molecule has 2 N–H and O–H groups in total. The molecule has 0 radical (unpaired) electrons. The van der Waals surface area contributed by atoms with Crippen LogP contribution in [0, 0.1) is 5.82 Å². The standard InChI is InChI=1S/C18H17FN4OS/c1-2-25-18-21-17(24)15-12-8-4-6-10-14(12)20-16(23(15)22-18)11-7-3-5-9-13(11)19/h3-10,15-16,20H,2H2,1H3,(H,21,22,24). The first kappa shape index (κ1) is 16.0. The number of anilines is 1. The lowest BCUT2D eigenvalue weighted by atomic mass is 9.97. The number of nitrogens with one attached hydrogen (secondary N) is 2. The number of amidine groups is 1. The first-order valence-corrected chi connectivity index (χ1v) is 9.08. The molecule has 2 aliphatic heterocycles. The van der Waals surface area contributed by atoms with Crippen LogP contribution in [0.2, 0.25) is 0 Å². The molecule has 2 aliphatic rings. The topological polar surface area (TPSA) is 56.7 Å². The number of hydrogen-bond donors (Lipinski definition) is 2. The second-order valence-electron chi connectivity index (χ2n) is 5.77. The fraction of sp³-hybridized carbons (Fsp3) is 0.222. The van der Waals surface area contributed by atoms with Gasteiger partial charge in [0.1, 0.15) is 12.0 Å². The summed E-state index contributed by atoms with van der Waals surface area (Å²) in [6.07, 6.45) is -0.556. The van der Waals surface area contributed by atoms with Crippen molar-refractivity contribution < 1.29 is 9.18 Å². The molecule has 2 atom stereocenters. The van der Waals surface area contributed by atoms with E-state index in [0.717, 1.165) is 17.0 Å². The number of hydrazone groups is 1. The van der Waals surface area contributed by atoms with E-state index in [4.69, 9.17) is 0 Å². The fourth-order valence-electron chi connectivity index (χ4n) is 3.17. The third-order valence-corrected chi connectivity index (χ3v) is 4.99. The van der Waals surface area contributed by atoms with Crippen molar-refractivity contribution in [2.75, 3.05) is 11.1 Å². The van der Waals surface area contributed by atoms with Gasteiger partial charge < -0.3 is 10.6 Å². The Labute approximate surface area is 149 Å². The molecule has 4 rings (SSSR count). The highest BCUT2D eigenvalue weighted by Crippen LogP contribution is 2.42. The van der Waals surface area contributed by atoms with Crippen LogP contribution in [0.15, 0.2) is 53.6 Å². The van der Waals surface area contributed by atoms with Crippen molar-refractivity contribution in [1.29, 1.82) is 0 Å². The highest BCUT2D eigenvalue weighted by molar-refractivity contribution is 8.13. The Bertz CT molecular complexity index is 856. The Morgan fingerprint density at radius 1 is 1.16 bits per heavy atom. The van der Waals surface area contributed by atoms with Gasteiger partial charge in [-0.3, -0.25) is 9.80 Å². The van der Waals surface area contributed by atoms with Crippen LogP contribution in [-0.4, -0.2) is 21.8 Å². The number of carbonyl (C=O) groups is 1. The van der Waals surface area contributed by atoms with E-state index in [1.807, 2.05) is 31.2 Å². The Hall–Kier alpha value is -2.54. The molecular formula is C18H17FN4OS. The third-order valence-electron chi connectivity index (χ3n) is 4.24. The number of hydrogen-bond acceptors (Lipinski definition) is 5. The van der Waals surface area contributed by atoms with E-state index < -0.39 is 12.2 Å². The lowest BCUT2D eigenvalue weighted by Crippen LogP contribution is -2.51. The van der Waals surface area contributed by atoms with E-state index in [1.54, 1.807) is 23.2 Å². The lowest BCUT2D eigenvalue weighted by molar-refractivity contribution is -0.127. The summed E-state index contributed by atoms with van der Waals surface area (Å²) in [5.74, 6) is 0.302. The predicted octanol–water partition coefficient (Wildman–Crippen LogP) is 3.45. The number of fused-ring (bicyclic) bond motifs is 3. The fourth-order valence-corrected chi connectivity index (χ4v) is 3.77. The van der Waals surface area contributed by atoms with Gasteiger partial charge in [0.15, 0.2) is 11.2 Å². The first-order chi connectivity index (χ1) is 12.2. The lowest BCUT2D eigenvalue weighted by Gasteiger charge is -2.43. The molecule has 0 bridgehead atoms. The molecule has 7 heteroatoms. The first-order valence-electron chi connectivity index (χ1n) is 8.09. The quantitative estimate of drug-likeness (QED) is 0.865. The van der Waals surface area contributed by atoms with Crippen LogP contribution < -0.4 is 10.6 Å². The second kappa shape index (κ2) is 6.40. The maximum atomic E-state index is 14.4. The summed E-state index contributed by atoms with van der Waals surface area (Å²) in [4.78, 5) is 12.8. The van der Waals surface area contributed by atoms with Crippen molar-refractivity contribution >= 4 is 28.5 Å². The number of nitrogens with zero attached hydrogens (tertiary/aromatic N) is 2. The number of rotatable bonds is 2. The van der Waals surface area contributed by atoms with E-state index in [1.165, 1.54) is 17.8 Å². The normalized spacial score (nSPS) is 21.6. The van der Waals surface area contributed by atoms with Crippen LogP contribution in [0.25, 0.3) is 0 Å². The van der Waals surface area contributed by atoms with Crippen molar-refractivity contribution in [3.63, 3.8) is 0 Å². The van der Waals surface area contributed by atoms with E-state index in [2.05, 4.69) is 15.7 Å². The smallest absolute Gasteiger partial charge is 0.255 e. The van der Waals surface area contributed by atoms with Crippen LogP contribution in [0.5, 0.6) is 0 Å². The van der Waals surface area contributed by atoms with Gasteiger partial charge in [-0.1, -0.05) is 55.1 Å². The van der Waals surface area contributed by atoms with Crippen molar-refractivity contribution in [3.8, 4) is 0 Å². The molecule has 0 aliphatic carbocycles. The van der Waals surface area contributed by atoms with E-state index in [0.29, 0.717) is 10.7 Å². The summed E-state index contributed by atoms with van der Waals surface area (Å²) >= 11 is 1.45. The van der Waals surface area contributed by atoms with Crippen molar-refractivity contribution in [2.24, 2.45) is 5.10 Å². The van der Waals surface area contributed by atoms with Crippen molar-refractivity contribution in [3.05, 3.63) is 65.5 Å². The number of amides is 1. The Morgan fingerprint density at radius 2 is 1.88 bits per heavy atom. The van der Waals surface area contributed by atoms with Crippen LogP contribution in [0.3, 0.4) is 0 Å². The summed E-state index contributed by atoms with van der Waals surface area (Å²) in [5.41, 5.74) is 2.10. The molecule has 2 aromatic rings. The minimum atomic E-state index is -0.594. The molecule has 25 heavy (non-hydrogen) atoms. The van der Waals surface area contributed by atoms with Gasteiger partial charge >= 0.3 is 0 Å². The van der Waals surface area contributed by atoms with Gasteiger partial charge in [-0.15, -0.1) is 5.10 Å². The zero-order valence-electron chi connectivity index (χ0n) is 13.6. The Morgan fingerprint density at radius 3 is 2.64 bits per heavy atom.